The number of aromatic hydroxyl groups is 1. The minimum Gasteiger partial charge on any atom is -0.507 e. The molecule has 2 aromatic carbocycles. The highest BCUT2D eigenvalue weighted by Gasteiger charge is 2.30. The number of halogens is 3. The number of para-hydroxylation sites is 1. The molecule has 0 aliphatic rings. The molecule has 0 atom stereocenters. The second-order valence-electron chi connectivity index (χ2n) is 4.33. The monoisotopic (exact) mass is 308 g/mol. The van der Waals surface area contributed by atoms with Crippen molar-refractivity contribution in [2.75, 3.05) is 0 Å². The Bertz CT molecular complexity index is 695. The number of carbonyl (C=O) groups is 1. The summed E-state index contributed by atoms with van der Waals surface area (Å²) in [4.78, 5) is 11.7. The number of hydrogen-bond acceptors (Lipinski definition) is 3. The molecule has 0 bridgehead atoms. The van der Waals surface area contributed by atoms with E-state index in [1.165, 1.54) is 12.3 Å². The molecule has 0 aromatic heterocycles. The van der Waals surface area contributed by atoms with Gasteiger partial charge in [-0.3, -0.25) is 4.79 Å². The smallest absolute Gasteiger partial charge is 0.416 e. The first-order valence-electron chi connectivity index (χ1n) is 6.16. The summed E-state index contributed by atoms with van der Waals surface area (Å²) >= 11 is 0. The zero-order valence-electron chi connectivity index (χ0n) is 11.1. The molecule has 1 amide bonds. The maximum absolute atomic E-state index is 12.4. The molecule has 0 saturated carbocycles. The van der Waals surface area contributed by atoms with Crippen molar-refractivity contribution in [1.29, 1.82) is 0 Å². The molecule has 22 heavy (non-hydrogen) atoms. The first kappa shape index (κ1) is 15.6. The van der Waals surface area contributed by atoms with Crippen LogP contribution in [0.1, 0.15) is 21.5 Å². The highest BCUT2D eigenvalue weighted by molar-refractivity contribution is 5.95. The molecule has 0 radical (unpaired) electrons. The Kier molecular flexibility index (Phi) is 4.45. The lowest BCUT2D eigenvalue weighted by Crippen LogP contribution is -2.18. The van der Waals surface area contributed by atoms with E-state index in [1.807, 2.05) is 0 Å². The summed E-state index contributed by atoms with van der Waals surface area (Å²) in [6.45, 7) is 0. The summed E-state index contributed by atoms with van der Waals surface area (Å²) in [5.41, 5.74) is 1.78. The Hall–Kier alpha value is -2.83. The van der Waals surface area contributed by atoms with Crippen LogP contribution in [-0.2, 0) is 6.18 Å². The molecule has 0 aliphatic heterocycles. The Morgan fingerprint density at radius 2 is 1.73 bits per heavy atom. The number of phenols is 1. The number of rotatable bonds is 3. The highest BCUT2D eigenvalue weighted by Crippen LogP contribution is 2.29. The molecule has 4 nitrogen and oxygen atoms in total. The Morgan fingerprint density at radius 1 is 1.09 bits per heavy atom. The fraction of sp³-hybridized carbons (Fsp3) is 0.0667. The summed E-state index contributed by atoms with van der Waals surface area (Å²) in [6, 6.07) is 10.1. The Labute approximate surface area is 123 Å². The number of hydrogen-bond donors (Lipinski definition) is 2. The quantitative estimate of drug-likeness (QED) is 0.676. The Morgan fingerprint density at radius 3 is 2.32 bits per heavy atom. The van der Waals surface area contributed by atoms with Crippen molar-refractivity contribution >= 4 is 12.1 Å². The summed E-state index contributed by atoms with van der Waals surface area (Å²) in [6.07, 6.45) is -3.21. The van der Waals surface area contributed by atoms with Crippen molar-refractivity contribution < 1.29 is 23.1 Å². The summed E-state index contributed by atoms with van der Waals surface area (Å²) in [5.74, 6) is -0.657. The predicted molar refractivity (Wildman–Crippen MR) is 74.6 cm³/mol. The third kappa shape index (κ3) is 3.85. The van der Waals surface area contributed by atoms with E-state index in [1.54, 1.807) is 18.2 Å². The van der Waals surface area contributed by atoms with Gasteiger partial charge in [-0.25, -0.2) is 5.43 Å². The molecule has 0 fully saturated rings. The van der Waals surface area contributed by atoms with Crippen LogP contribution in [0, 0.1) is 0 Å². The third-order valence-electron chi connectivity index (χ3n) is 2.78. The van der Waals surface area contributed by atoms with Crippen molar-refractivity contribution in [3.63, 3.8) is 0 Å². The normalized spacial score (nSPS) is 11.6. The molecule has 2 aromatic rings. The number of hydrazone groups is 1. The zero-order valence-corrected chi connectivity index (χ0v) is 11.1. The van der Waals surface area contributed by atoms with Crippen LogP contribution in [0.2, 0.25) is 0 Å². The minimum absolute atomic E-state index is 0.00460. The van der Waals surface area contributed by atoms with E-state index in [-0.39, 0.29) is 11.3 Å². The van der Waals surface area contributed by atoms with E-state index >= 15 is 0 Å². The number of nitrogens with one attached hydrogen (secondary N) is 1. The maximum Gasteiger partial charge on any atom is 0.416 e. The molecule has 0 saturated heterocycles. The second kappa shape index (κ2) is 6.30. The fourth-order valence-electron chi connectivity index (χ4n) is 1.63. The average Bonchev–Trinajstić information content (AvgIpc) is 2.48. The highest BCUT2D eigenvalue weighted by atomic mass is 19.4. The van der Waals surface area contributed by atoms with E-state index in [0.29, 0.717) is 5.56 Å². The molecule has 7 heteroatoms. The van der Waals surface area contributed by atoms with E-state index in [2.05, 4.69) is 10.5 Å². The van der Waals surface area contributed by atoms with Crippen LogP contribution in [0.3, 0.4) is 0 Å². The van der Waals surface area contributed by atoms with Gasteiger partial charge in [0.2, 0.25) is 0 Å². The van der Waals surface area contributed by atoms with Gasteiger partial charge in [-0.05, 0) is 36.4 Å². The molecular weight excluding hydrogens is 297 g/mol. The van der Waals surface area contributed by atoms with Crippen molar-refractivity contribution in [3.05, 3.63) is 65.2 Å². The van der Waals surface area contributed by atoms with Crippen LogP contribution in [0.25, 0.3) is 0 Å². The zero-order chi connectivity index (χ0) is 16.2. The van der Waals surface area contributed by atoms with Gasteiger partial charge < -0.3 is 5.11 Å². The fourth-order valence-corrected chi connectivity index (χ4v) is 1.63. The van der Waals surface area contributed by atoms with Gasteiger partial charge in [-0.1, -0.05) is 12.1 Å². The maximum atomic E-state index is 12.4. The molecule has 0 aliphatic carbocycles. The standard InChI is InChI=1S/C15H11F3N2O2/c16-15(17,18)12-7-5-10(6-8-12)14(22)20-19-9-11-3-1-2-4-13(11)21/h1-9,21H,(H,20,22)/b19-9+. The van der Waals surface area contributed by atoms with Gasteiger partial charge in [0.15, 0.2) is 0 Å². The number of carbonyl (C=O) groups excluding carboxylic acids is 1. The lowest BCUT2D eigenvalue weighted by Gasteiger charge is -2.06. The lowest BCUT2D eigenvalue weighted by molar-refractivity contribution is -0.137. The molecule has 2 N–H and O–H groups in total. The number of amides is 1. The van der Waals surface area contributed by atoms with Crippen LogP contribution in [-0.4, -0.2) is 17.2 Å². The molecule has 0 heterocycles. The number of benzene rings is 2. The molecule has 0 unspecified atom stereocenters. The first-order valence-corrected chi connectivity index (χ1v) is 6.16. The van der Waals surface area contributed by atoms with Gasteiger partial charge in [-0.2, -0.15) is 18.3 Å². The SMILES string of the molecule is O=C(N/N=C/c1ccccc1O)c1ccc(C(F)(F)F)cc1. The number of nitrogens with zero attached hydrogens (tertiary/aromatic N) is 1. The van der Waals surface area contributed by atoms with E-state index in [4.69, 9.17) is 0 Å². The summed E-state index contributed by atoms with van der Waals surface area (Å²) in [5, 5.41) is 13.1. The van der Waals surface area contributed by atoms with Gasteiger partial charge in [0.1, 0.15) is 5.75 Å². The van der Waals surface area contributed by atoms with E-state index in [9.17, 15) is 23.1 Å². The average molecular weight is 308 g/mol. The minimum atomic E-state index is -4.45. The Balaban J connectivity index is 2.02. The molecule has 114 valence electrons. The number of phenolic OH excluding ortho intramolecular Hbond substituents is 1. The molecule has 2 rings (SSSR count). The topological polar surface area (TPSA) is 61.7 Å². The first-order chi connectivity index (χ1) is 10.4. The summed E-state index contributed by atoms with van der Waals surface area (Å²) < 4.78 is 37.2. The van der Waals surface area contributed by atoms with Gasteiger partial charge in [0, 0.05) is 11.1 Å². The van der Waals surface area contributed by atoms with Crippen molar-refractivity contribution in [2.24, 2.45) is 5.10 Å². The van der Waals surface area contributed by atoms with Crippen LogP contribution < -0.4 is 5.43 Å². The lowest BCUT2D eigenvalue weighted by atomic mass is 10.1. The third-order valence-corrected chi connectivity index (χ3v) is 2.78. The molecule has 0 spiro atoms. The second-order valence-corrected chi connectivity index (χ2v) is 4.33. The summed E-state index contributed by atoms with van der Waals surface area (Å²) in [7, 11) is 0. The van der Waals surface area contributed by atoms with Gasteiger partial charge in [0.05, 0.1) is 11.8 Å². The van der Waals surface area contributed by atoms with Gasteiger partial charge in [-0.15, -0.1) is 0 Å². The van der Waals surface area contributed by atoms with Crippen molar-refractivity contribution in [2.45, 2.75) is 6.18 Å². The van der Waals surface area contributed by atoms with Crippen LogP contribution >= 0.6 is 0 Å². The van der Waals surface area contributed by atoms with Crippen molar-refractivity contribution in [1.82, 2.24) is 5.43 Å². The van der Waals surface area contributed by atoms with Crippen LogP contribution in [0.15, 0.2) is 53.6 Å². The molecular formula is C15H11F3N2O2. The predicted octanol–water partition coefficient (Wildman–Crippen LogP) is 3.17. The largest absolute Gasteiger partial charge is 0.507 e. The van der Waals surface area contributed by atoms with E-state index in [0.717, 1.165) is 24.3 Å². The van der Waals surface area contributed by atoms with Crippen LogP contribution in [0.5, 0.6) is 5.75 Å². The van der Waals surface area contributed by atoms with Gasteiger partial charge >= 0.3 is 6.18 Å². The van der Waals surface area contributed by atoms with E-state index < -0.39 is 17.6 Å². The number of alkyl halides is 3. The van der Waals surface area contributed by atoms with Gasteiger partial charge in [0.25, 0.3) is 5.91 Å². The van der Waals surface area contributed by atoms with Crippen LogP contribution in [0.4, 0.5) is 13.2 Å². The van der Waals surface area contributed by atoms with Crippen molar-refractivity contribution in [3.8, 4) is 5.75 Å².